The normalized spacial score (nSPS) is 10.3. The van der Waals surface area contributed by atoms with Crippen molar-refractivity contribution in [2.75, 3.05) is 17.7 Å². The van der Waals surface area contributed by atoms with Crippen LogP contribution in [0.1, 0.15) is 0 Å². The Morgan fingerprint density at radius 3 is 2.65 bits per heavy atom. The molecule has 0 fully saturated rings. The summed E-state index contributed by atoms with van der Waals surface area (Å²) in [5.41, 5.74) is 8.61. The van der Waals surface area contributed by atoms with Gasteiger partial charge in [-0.2, -0.15) is 0 Å². The highest BCUT2D eigenvalue weighted by Crippen LogP contribution is 2.32. The average Bonchev–Trinajstić information content (AvgIpc) is 2.31. The molecule has 0 unspecified atom stereocenters. The van der Waals surface area contributed by atoms with Gasteiger partial charge in [-0.1, -0.05) is 33.6 Å². The van der Waals surface area contributed by atoms with E-state index in [0.29, 0.717) is 10.7 Å². The lowest BCUT2D eigenvalue weighted by Gasteiger charge is -2.21. The number of anilines is 3. The third kappa shape index (κ3) is 2.73. The lowest BCUT2D eigenvalue weighted by molar-refractivity contribution is 1.21. The number of nitrogens with zero attached hydrogens (tertiary/aromatic N) is 1. The fraction of sp³-hybridized carbons (Fsp3) is 0.0769. The minimum atomic E-state index is 0.677. The lowest BCUT2D eigenvalue weighted by Crippen LogP contribution is -2.11. The van der Waals surface area contributed by atoms with Crippen LogP contribution in [-0.2, 0) is 0 Å². The Morgan fingerprint density at radius 1 is 1.18 bits per heavy atom. The molecule has 0 amide bonds. The second-order valence-electron chi connectivity index (χ2n) is 3.74. The zero-order chi connectivity index (χ0) is 12.4. The molecule has 0 spiro atoms. The first-order valence-electron chi connectivity index (χ1n) is 5.12. The maximum Gasteiger partial charge on any atom is 0.0656 e. The summed E-state index contributed by atoms with van der Waals surface area (Å²) in [6.07, 6.45) is 0. The van der Waals surface area contributed by atoms with Crippen molar-refractivity contribution in [1.29, 1.82) is 0 Å². The molecule has 2 rings (SSSR count). The highest BCUT2D eigenvalue weighted by atomic mass is 79.9. The van der Waals surface area contributed by atoms with Gasteiger partial charge < -0.3 is 10.6 Å². The Labute approximate surface area is 114 Å². The van der Waals surface area contributed by atoms with E-state index in [1.807, 2.05) is 48.3 Å². The Morgan fingerprint density at radius 2 is 1.94 bits per heavy atom. The maximum atomic E-state index is 5.99. The van der Waals surface area contributed by atoms with Crippen molar-refractivity contribution in [1.82, 2.24) is 0 Å². The SMILES string of the molecule is CN(c1cccc(Br)c1)c1cc(Cl)ccc1N. The zero-order valence-corrected chi connectivity index (χ0v) is 11.7. The minimum Gasteiger partial charge on any atom is -0.397 e. The van der Waals surface area contributed by atoms with E-state index in [-0.39, 0.29) is 0 Å². The smallest absolute Gasteiger partial charge is 0.0656 e. The summed E-state index contributed by atoms with van der Waals surface area (Å²) >= 11 is 9.44. The molecule has 4 heteroatoms. The molecule has 0 saturated heterocycles. The molecule has 0 aliphatic rings. The van der Waals surface area contributed by atoms with Crippen LogP contribution in [0.3, 0.4) is 0 Å². The maximum absolute atomic E-state index is 5.99. The van der Waals surface area contributed by atoms with Gasteiger partial charge in [0.25, 0.3) is 0 Å². The number of nitrogens with two attached hydrogens (primary N) is 1. The first kappa shape index (κ1) is 12.3. The largest absolute Gasteiger partial charge is 0.397 e. The van der Waals surface area contributed by atoms with Gasteiger partial charge in [-0.15, -0.1) is 0 Å². The van der Waals surface area contributed by atoms with Gasteiger partial charge in [-0.05, 0) is 36.4 Å². The van der Waals surface area contributed by atoms with E-state index in [9.17, 15) is 0 Å². The summed E-state index contributed by atoms with van der Waals surface area (Å²) in [4.78, 5) is 2.01. The Kier molecular flexibility index (Phi) is 3.60. The third-order valence-corrected chi connectivity index (χ3v) is 3.28. The molecule has 0 aromatic heterocycles. The van der Waals surface area contributed by atoms with Crippen molar-refractivity contribution in [3.8, 4) is 0 Å². The van der Waals surface area contributed by atoms with Gasteiger partial charge in [0.15, 0.2) is 0 Å². The molecule has 2 nitrogen and oxygen atoms in total. The van der Waals surface area contributed by atoms with Crippen LogP contribution in [-0.4, -0.2) is 7.05 Å². The summed E-state index contributed by atoms with van der Waals surface area (Å²) in [6, 6.07) is 13.5. The van der Waals surface area contributed by atoms with E-state index in [1.165, 1.54) is 0 Å². The van der Waals surface area contributed by atoms with Gasteiger partial charge in [0.05, 0.1) is 11.4 Å². The second-order valence-corrected chi connectivity index (χ2v) is 5.09. The number of hydrogen-bond donors (Lipinski definition) is 1. The lowest BCUT2D eigenvalue weighted by atomic mass is 10.2. The molecule has 88 valence electrons. The average molecular weight is 312 g/mol. The topological polar surface area (TPSA) is 29.3 Å². The van der Waals surface area contributed by atoms with E-state index in [4.69, 9.17) is 17.3 Å². The predicted octanol–water partition coefficient (Wildman–Crippen LogP) is 4.45. The molecule has 0 bridgehead atoms. The van der Waals surface area contributed by atoms with E-state index in [2.05, 4.69) is 15.9 Å². The quantitative estimate of drug-likeness (QED) is 0.830. The molecule has 0 radical (unpaired) electrons. The van der Waals surface area contributed by atoms with Crippen LogP contribution < -0.4 is 10.6 Å². The molecule has 0 aliphatic heterocycles. The summed E-state index contributed by atoms with van der Waals surface area (Å²) < 4.78 is 1.03. The predicted molar refractivity (Wildman–Crippen MR) is 78.1 cm³/mol. The molecular formula is C13H12BrClN2. The monoisotopic (exact) mass is 310 g/mol. The van der Waals surface area contributed by atoms with Crippen molar-refractivity contribution in [3.63, 3.8) is 0 Å². The van der Waals surface area contributed by atoms with Gasteiger partial charge in [-0.25, -0.2) is 0 Å². The molecule has 0 atom stereocenters. The van der Waals surface area contributed by atoms with Crippen LogP contribution in [0.25, 0.3) is 0 Å². The number of hydrogen-bond acceptors (Lipinski definition) is 2. The molecular weight excluding hydrogens is 300 g/mol. The molecule has 0 heterocycles. The van der Waals surface area contributed by atoms with Gasteiger partial charge in [-0.3, -0.25) is 0 Å². The van der Waals surface area contributed by atoms with Crippen LogP contribution in [0.5, 0.6) is 0 Å². The van der Waals surface area contributed by atoms with Gasteiger partial charge >= 0.3 is 0 Å². The van der Waals surface area contributed by atoms with Gasteiger partial charge in [0.2, 0.25) is 0 Å². The Bertz CT molecular complexity index is 543. The Balaban J connectivity index is 2.43. The fourth-order valence-electron chi connectivity index (χ4n) is 1.63. The van der Waals surface area contributed by atoms with Crippen LogP contribution in [0.15, 0.2) is 46.9 Å². The third-order valence-electron chi connectivity index (χ3n) is 2.55. The van der Waals surface area contributed by atoms with Crippen LogP contribution >= 0.6 is 27.5 Å². The van der Waals surface area contributed by atoms with Crippen molar-refractivity contribution >= 4 is 44.6 Å². The Hall–Kier alpha value is -1.19. The van der Waals surface area contributed by atoms with E-state index in [0.717, 1.165) is 15.8 Å². The molecule has 2 aromatic rings. The summed E-state index contributed by atoms with van der Waals surface area (Å²) in [5, 5.41) is 0.677. The minimum absolute atomic E-state index is 0.677. The van der Waals surface area contributed by atoms with Crippen molar-refractivity contribution < 1.29 is 0 Å². The van der Waals surface area contributed by atoms with Crippen LogP contribution in [0.2, 0.25) is 5.02 Å². The molecule has 17 heavy (non-hydrogen) atoms. The van der Waals surface area contributed by atoms with Crippen LogP contribution in [0.4, 0.5) is 17.1 Å². The van der Waals surface area contributed by atoms with Crippen molar-refractivity contribution in [2.24, 2.45) is 0 Å². The number of halogens is 2. The highest BCUT2D eigenvalue weighted by molar-refractivity contribution is 9.10. The van der Waals surface area contributed by atoms with E-state index >= 15 is 0 Å². The van der Waals surface area contributed by atoms with Crippen LogP contribution in [0, 0.1) is 0 Å². The number of rotatable bonds is 2. The van der Waals surface area contributed by atoms with E-state index in [1.54, 1.807) is 6.07 Å². The van der Waals surface area contributed by atoms with Crippen molar-refractivity contribution in [2.45, 2.75) is 0 Å². The molecule has 0 aliphatic carbocycles. The van der Waals surface area contributed by atoms with Crippen molar-refractivity contribution in [3.05, 3.63) is 52.0 Å². The molecule has 2 aromatic carbocycles. The number of nitrogen functional groups attached to an aromatic ring is 1. The van der Waals surface area contributed by atoms with Gasteiger partial charge in [0.1, 0.15) is 0 Å². The first-order chi connectivity index (χ1) is 8.08. The van der Waals surface area contributed by atoms with Gasteiger partial charge in [0, 0.05) is 22.2 Å². The number of benzene rings is 2. The second kappa shape index (κ2) is 4.98. The van der Waals surface area contributed by atoms with E-state index < -0.39 is 0 Å². The summed E-state index contributed by atoms with van der Waals surface area (Å²) in [5.74, 6) is 0. The molecule has 0 saturated carbocycles. The summed E-state index contributed by atoms with van der Waals surface area (Å²) in [6.45, 7) is 0. The fourth-order valence-corrected chi connectivity index (χ4v) is 2.18. The zero-order valence-electron chi connectivity index (χ0n) is 9.32. The summed E-state index contributed by atoms with van der Waals surface area (Å²) in [7, 11) is 1.96. The standard InChI is InChI=1S/C13H12BrClN2/c1-17(11-4-2-3-9(14)7-11)13-8-10(15)5-6-12(13)16/h2-8H,16H2,1H3. The highest BCUT2D eigenvalue weighted by Gasteiger charge is 2.08. The first-order valence-corrected chi connectivity index (χ1v) is 6.29. The molecule has 2 N–H and O–H groups in total.